The Kier molecular flexibility index (Phi) is 2.63. The third-order valence-electron chi connectivity index (χ3n) is 2.82. The van der Waals surface area contributed by atoms with Crippen LogP contribution in [-0.2, 0) is 0 Å². The summed E-state index contributed by atoms with van der Waals surface area (Å²) in [6, 6.07) is 11.9. The minimum Gasteiger partial charge on any atom is -0.382 e. The number of benzene rings is 1. The van der Waals surface area contributed by atoms with Gasteiger partial charge in [0, 0.05) is 11.6 Å². The Hall–Kier alpha value is -1.71. The fourth-order valence-corrected chi connectivity index (χ4v) is 2.63. The number of hydrogen-bond acceptors (Lipinski definition) is 3. The normalized spacial score (nSPS) is 12.8. The van der Waals surface area contributed by atoms with E-state index in [-0.39, 0.29) is 0 Å². The van der Waals surface area contributed by atoms with Gasteiger partial charge in [0.25, 0.3) is 0 Å². The molecule has 0 amide bonds. The van der Waals surface area contributed by atoms with Crippen molar-refractivity contribution in [2.45, 2.75) is 6.10 Å². The smallest absolute Gasteiger partial charge is 0.122 e. The SMILES string of the molecule is OC(c1ccsc1)c1nccc2ccccc12. The molecule has 2 aromatic heterocycles. The molecule has 1 atom stereocenters. The minimum absolute atomic E-state index is 0.646. The molecule has 2 heterocycles. The first-order valence-electron chi connectivity index (χ1n) is 5.40. The van der Waals surface area contributed by atoms with Crippen molar-refractivity contribution in [3.05, 3.63) is 64.6 Å². The number of thiophene rings is 1. The lowest BCUT2D eigenvalue weighted by Crippen LogP contribution is -2.01. The van der Waals surface area contributed by atoms with Gasteiger partial charge in [0.15, 0.2) is 0 Å². The Labute approximate surface area is 103 Å². The summed E-state index contributed by atoms with van der Waals surface area (Å²) in [6.45, 7) is 0. The van der Waals surface area contributed by atoms with Gasteiger partial charge in [-0.1, -0.05) is 24.3 Å². The Balaban J connectivity index is 2.17. The highest BCUT2D eigenvalue weighted by molar-refractivity contribution is 7.07. The van der Waals surface area contributed by atoms with Crippen LogP contribution in [0, 0.1) is 0 Å². The first-order valence-corrected chi connectivity index (χ1v) is 6.34. The van der Waals surface area contributed by atoms with Crippen molar-refractivity contribution < 1.29 is 5.11 Å². The van der Waals surface area contributed by atoms with Gasteiger partial charge >= 0.3 is 0 Å². The van der Waals surface area contributed by atoms with Crippen LogP contribution in [-0.4, -0.2) is 10.1 Å². The van der Waals surface area contributed by atoms with Gasteiger partial charge in [-0.05, 0) is 33.8 Å². The van der Waals surface area contributed by atoms with E-state index in [2.05, 4.69) is 4.98 Å². The van der Waals surface area contributed by atoms with E-state index in [1.807, 2.05) is 47.2 Å². The van der Waals surface area contributed by atoms with Crippen molar-refractivity contribution in [1.82, 2.24) is 4.98 Å². The summed E-state index contributed by atoms with van der Waals surface area (Å²) in [4.78, 5) is 4.32. The Bertz CT molecular complexity index is 628. The van der Waals surface area contributed by atoms with Crippen molar-refractivity contribution in [2.75, 3.05) is 0 Å². The summed E-state index contributed by atoms with van der Waals surface area (Å²) in [5.41, 5.74) is 1.63. The highest BCUT2D eigenvalue weighted by atomic mass is 32.1. The summed E-state index contributed by atoms with van der Waals surface area (Å²) in [7, 11) is 0. The van der Waals surface area contributed by atoms with E-state index in [4.69, 9.17) is 0 Å². The predicted octanol–water partition coefficient (Wildman–Crippen LogP) is 3.38. The highest BCUT2D eigenvalue weighted by Crippen LogP contribution is 2.27. The van der Waals surface area contributed by atoms with Gasteiger partial charge in [-0.3, -0.25) is 4.98 Å². The lowest BCUT2D eigenvalue weighted by Gasteiger charge is -2.11. The molecule has 0 aliphatic heterocycles. The molecule has 1 aromatic carbocycles. The highest BCUT2D eigenvalue weighted by Gasteiger charge is 2.14. The molecule has 0 bridgehead atoms. The average Bonchev–Trinajstić information content (AvgIpc) is 2.91. The number of aliphatic hydroxyl groups excluding tert-OH is 1. The van der Waals surface area contributed by atoms with Crippen LogP contribution >= 0.6 is 11.3 Å². The fraction of sp³-hybridized carbons (Fsp3) is 0.0714. The summed E-state index contributed by atoms with van der Waals surface area (Å²) < 4.78 is 0. The maximum absolute atomic E-state index is 10.3. The van der Waals surface area contributed by atoms with E-state index in [1.54, 1.807) is 17.5 Å². The molecule has 0 aliphatic rings. The van der Waals surface area contributed by atoms with Gasteiger partial charge in [-0.2, -0.15) is 11.3 Å². The van der Waals surface area contributed by atoms with E-state index >= 15 is 0 Å². The van der Waals surface area contributed by atoms with Gasteiger partial charge in [0.2, 0.25) is 0 Å². The standard InChI is InChI=1S/C14H11NOS/c16-14(11-6-8-17-9-11)13-12-4-2-1-3-10(12)5-7-15-13/h1-9,14,16H. The van der Waals surface area contributed by atoms with Crippen LogP contribution in [0.5, 0.6) is 0 Å². The van der Waals surface area contributed by atoms with Crippen molar-refractivity contribution >= 4 is 22.1 Å². The van der Waals surface area contributed by atoms with Crippen molar-refractivity contribution in [1.29, 1.82) is 0 Å². The first-order chi connectivity index (χ1) is 8.36. The largest absolute Gasteiger partial charge is 0.382 e. The van der Waals surface area contributed by atoms with Gasteiger partial charge in [0.05, 0.1) is 5.69 Å². The molecule has 0 radical (unpaired) electrons. The van der Waals surface area contributed by atoms with Crippen LogP contribution in [0.1, 0.15) is 17.4 Å². The van der Waals surface area contributed by atoms with E-state index in [9.17, 15) is 5.11 Å². The zero-order chi connectivity index (χ0) is 11.7. The molecule has 0 fully saturated rings. The second-order valence-corrected chi connectivity index (χ2v) is 4.66. The molecule has 84 valence electrons. The number of hydrogen-bond donors (Lipinski definition) is 1. The summed E-state index contributed by atoms with van der Waals surface area (Å²) in [5, 5.41) is 16.3. The van der Waals surface area contributed by atoms with Gasteiger partial charge < -0.3 is 5.11 Å². The van der Waals surface area contributed by atoms with Crippen molar-refractivity contribution in [3.8, 4) is 0 Å². The number of rotatable bonds is 2. The van der Waals surface area contributed by atoms with Crippen LogP contribution in [0.4, 0.5) is 0 Å². The molecule has 1 N–H and O–H groups in total. The molecule has 3 heteroatoms. The Morgan fingerprint density at radius 1 is 1.12 bits per heavy atom. The molecular weight excluding hydrogens is 230 g/mol. The van der Waals surface area contributed by atoms with E-state index in [0.717, 1.165) is 22.0 Å². The zero-order valence-corrected chi connectivity index (χ0v) is 9.89. The maximum Gasteiger partial charge on any atom is 0.122 e. The summed E-state index contributed by atoms with van der Waals surface area (Å²) in [5.74, 6) is 0. The van der Waals surface area contributed by atoms with E-state index < -0.39 is 6.10 Å². The predicted molar refractivity (Wildman–Crippen MR) is 70.1 cm³/mol. The van der Waals surface area contributed by atoms with Crippen LogP contribution in [0.2, 0.25) is 0 Å². The van der Waals surface area contributed by atoms with Gasteiger partial charge in [-0.15, -0.1) is 0 Å². The van der Waals surface area contributed by atoms with Crippen LogP contribution in [0.25, 0.3) is 10.8 Å². The lowest BCUT2D eigenvalue weighted by atomic mass is 10.0. The average molecular weight is 241 g/mol. The lowest BCUT2D eigenvalue weighted by molar-refractivity contribution is 0.217. The molecule has 3 aromatic rings. The minimum atomic E-state index is -0.646. The van der Waals surface area contributed by atoms with Crippen LogP contribution in [0.15, 0.2) is 53.4 Å². The maximum atomic E-state index is 10.3. The van der Waals surface area contributed by atoms with Crippen molar-refractivity contribution in [2.24, 2.45) is 0 Å². The quantitative estimate of drug-likeness (QED) is 0.746. The van der Waals surface area contributed by atoms with Crippen molar-refractivity contribution in [3.63, 3.8) is 0 Å². The molecule has 0 aliphatic carbocycles. The Morgan fingerprint density at radius 3 is 2.82 bits per heavy atom. The molecule has 0 saturated heterocycles. The van der Waals surface area contributed by atoms with E-state index in [1.165, 1.54) is 0 Å². The van der Waals surface area contributed by atoms with Crippen LogP contribution in [0.3, 0.4) is 0 Å². The van der Waals surface area contributed by atoms with Gasteiger partial charge in [-0.25, -0.2) is 0 Å². The second kappa shape index (κ2) is 4.28. The third-order valence-corrected chi connectivity index (χ3v) is 3.52. The summed E-state index contributed by atoms with van der Waals surface area (Å²) >= 11 is 1.58. The summed E-state index contributed by atoms with van der Waals surface area (Å²) in [6.07, 6.45) is 1.10. The third kappa shape index (κ3) is 1.84. The number of aliphatic hydroxyl groups is 1. The molecule has 1 unspecified atom stereocenters. The molecule has 0 spiro atoms. The topological polar surface area (TPSA) is 33.1 Å². The molecule has 2 nitrogen and oxygen atoms in total. The Morgan fingerprint density at radius 2 is 2.00 bits per heavy atom. The van der Waals surface area contributed by atoms with Gasteiger partial charge in [0.1, 0.15) is 6.10 Å². The molecular formula is C14H11NOS. The molecule has 3 rings (SSSR count). The first kappa shape index (κ1) is 10.4. The monoisotopic (exact) mass is 241 g/mol. The van der Waals surface area contributed by atoms with E-state index in [0.29, 0.717) is 0 Å². The zero-order valence-electron chi connectivity index (χ0n) is 9.08. The number of pyridine rings is 1. The second-order valence-electron chi connectivity index (χ2n) is 3.88. The van der Waals surface area contributed by atoms with Crippen LogP contribution < -0.4 is 0 Å². The molecule has 17 heavy (non-hydrogen) atoms. The fourth-order valence-electron chi connectivity index (χ4n) is 1.95. The number of nitrogens with zero attached hydrogens (tertiary/aromatic N) is 1. The number of aromatic nitrogens is 1. The number of fused-ring (bicyclic) bond motifs is 1. The molecule has 0 saturated carbocycles.